The number of benzene rings is 1. The van der Waals surface area contributed by atoms with E-state index in [1.165, 1.54) is 13.8 Å². The first-order chi connectivity index (χ1) is 7.34. The van der Waals surface area contributed by atoms with Crippen LogP contribution in [0.25, 0.3) is 0 Å². The molecule has 4 heteroatoms. The maximum Gasteiger partial charge on any atom is 0.321 e. The molecule has 1 aromatic rings. The van der Waals surface area contributed by atoms with E-state index >= 15 is 0 Å². The number of carboxylic acid groups (broad SMARTS) is 1. The quantitative estimate of drug-likeness (QED) is 0.877. The van der Waals surface area contributed by atoms with Gasteiger partial charge in [-0.05, 0) is 26.3 Å². The summed E-state index contributed by atoms with van der Waals surface area (Å²) in [4.78, 5) is 10.9. The standard InChI is InChI=1S/C12H16O3S/c1-9-5-4-6-10(7-9)8-16(15)12(2,3)11(13)14/h4-7H,8H2,1-3H3,(H,13,14). The van der Waals surface area contributed by atoms with Crippen LogP contribution in [0.15, 0.2) is 24.3 Å². The molecule has 0 bridgehead atoms. The topological polar surface area (TPSA) is 54.4 Å². The zero-order valence-corrected chi connectivity index (χ0v) is 10.5. The lowest BCUT2D eigenvalue weighted by Gasteiger charge is -2.18. The summed E-state index contributed by atoms with van der Waals surface area (Å²) < 4.78 is 10.7. The fourth-order valence-electron chi connectivity index (χ4n) is 1.23. The second kappa shape index (κ2) is 4.78. The van der Waals surface area contributed by atoms with Crippen molar-refractivity contribution in [2.24, 2.45) is 0 Å². The number of carbonyl (C=O) groups is 1. The molecular weight excluding hydrogens is 224 g/mol. The first-order valence-electron chi connectivity index (χ1n) is 5.01. The van der Waals surface area contributed by atoms with Crippen molar-refractivity contribution in [1.82, 2.24) is 0 Å². The highest BCUT2D eigenvalue weighted by Crippen LogP contribution is 2.18. The molecule has 16 heavy (non-hydrogen) atoms. The van der Waals surface area contributed by atoms with Crippen molar-refractivity contribution in [3.8, 4) is 0 Å². The van der Waals surface area contributed by atoms with Crippen LogP contribution in [0.5, 0.6) is 0 Å². The molecule has 0 aromatic heterocycles. The number of rotatable bonds is 4. The van der Waals surface area contributed by atoms with Gasteiger partial charge in [-0.2, -0.15) is 0 Å². The third kappa shape index (κ3) is 2.92. The number of hydrogen-bond acceptors (Lipinski definition) is 2. The zero-order chi connectivity index (χ0) is 12.3. The largest absolute Gasteiger partial charge is 0.480 e. The second-order valence-electron chi connectivity index (χ2n) is 4.29. The van der Waals surface area contributed by atoms with Gasteiger partial charge in [-0.1, -0.05) is 29.8 Å². The fraction of sp³-hybridized carbons (Fsp3) is 0.417. The van der Waals surface area contributed by atoms with Crippen molar-refractivity contribution in [2.75, 3.05) is 0 Å². The summed E-state index contributed by atoms with van der Waals surface area (Å²) in [6.45, 7) is 4.93. The van der Waals surface area contributed by atoms with Gasteiger partial charge in [0.1, 0.15) is 4.75 Å². The van der Waals surface area contributed by atoms with Gasteiger partial charge in [0.15, 0.2) is 0 Å². The van der Waals surface area contributed by atoms with Gasteiger partial charge in [0, 0.05) is 16.6 Å². The van der Waals surface area contributed by atoms with Gasteiger partial charge in [0.2, 0.25) is 0 Å². The lowest BCUT2D eigenvalue weighted by atomic mass is 10.2. The molecule has 0 radical (unpaired) electrons. The molecule has 1 atom stereocenters. The Morgan fingerprint density at radius 1 is 1.44 bits per heavy atom. The van der Waals surface area contributed by atoms with E-state index in [4.69, 9.17) is 5.11 Å². The molecular formula is C12H16O3S. The van der Waals surface area contributed by atoms with Crippen LogP contribution in [0, 0.1) is 6.92 Å². The van der Waals surface area contributed by atoms with Gasteiger partial charge >= 0.3 is 5.97 Å². The average Bonchev–Trinajstić information content (AvgIpc) is 2.17. The summed E-state index contributed by atoms with van der Waals surface area (Å²) in [5.74, 6) is -0.750. The minimum absolute atomic E-state index is 0.279. The molecule has 88 valence electrons. The van der Waals surface area contributed by atoms with Gasteiger partial charge in [-0.3, -0.25) is 9.00 Å². The van der Waals surface area contributed by atoms with Crippen molar-refractivity contribution in [2.45, 2.75) is 31.3 Å². The monoisotopic (exact) mass is 240 g/mol. The summed E-state index contributed by atoms with van der Waals surface area (Å²) in [5, 5.41) is 8.95. The van der Waals surface area contributed by atoms with Crippen molar-refractivity contribution < 1.29 is 14.1 Å². The molecule has 0 amide bonds. The molecule has 0 fully saturated rings. The van der Waals surface area contributed by atoms with Crippen molar-refractivity contribution in [1.29, 1.82) is 0 Å². The summed E-state index contributed by atoms with van der Waals surface area (Å²) in [6.07, 6.45) is 0. The SMILES string of the molecule is Cc1cccc(CS(=O)C(C)(C)C(=O)O)c1. The van der Waals surface area contributed by atoms with Crippen LogP contribution in [-0.4, -0.2) is 20.0 Å². The smallest absolute Gasteiger partial charge is 0.321 e. The minimum atomic E-state index is -1.42. The van der Waals surface area contributed by atoms with Gasteiger partial charge in [0.05, 0.1) is 0 Å². The van der Waals surface area contributed by atoms with E-state index in [2.05, 4.69) is 0 Å². The van der Waals surface area contributed by atoms with Crippen LogP contribution in [0.2, 0.25) is 0 Å². The Morgan fingerprint density at radius 2 is 2.06 bits per heavy atom. The van der Waals surface area contributed by atoms with Crippen LogP contribution >= 0.6 is 0 Å². The van der Waals surface area contributed by atoms with Gasteiger partial charge < -0.3 is 5.11 Å². The van der Waals surface area contributed by atoms with E-state index in [0.29, 0.717) is 0 Å². The maximum atomic E-state index is 11.9. The highest BCUT2D eigenvalue weighted by Gasteiger charge is 2.34. The Balaban J connectivity index is 2.83. The van der Waals surface area contributed by atoms with Crippen molar-refractivity contribution >= 4 is 16.8 Å². The number of carboxylic acids is 1. The van der Waals surface area contributed by atoms with Crippen LogP contribution in [0.1, 0.15) is 25.0 Å². The molecule has 0 aliphatic heterocycles. The highest BCUT2D eigenvalue weighted by atomic mass is 32.2. The Morgan fingerprint density at radius 3 is 2.56 bits per heavy atom. The fourth-order valence-corrected chi connectivity index (χ4v) is 2.27. The Hall–Kier alpha value is -1.16. The number of hydrogen-bond donors (Lipinski definition) is 1. The third-order valence-electron chi connectivity index (χ3n) is 2.46. The molecule has 0 aliphatic carbocycles. The maximum absolute atomic E-state index is 11.9. The van der Waals surface area contributed by atoms with Crippen LogP contribution < -0.4 is 0 Å². The van der Waals surface area contributed by atoms with E-state index in [1.807, 2.05) is 31.2 Å². The number of aryl methyl sites for hydroxylation is 1. The van der Waals surface area contributed by atoms with E-state index < -0.39 is 21.5 Å². The summed E-state index contributed by atoms with van der Waals surface area (Å²) >= 11 is 0. The zero-order valence-electron chi connectivity index (χ0n) is 9.69. The van der Waals surface area contributed by atoms with Crippen molar-refractivity contribution in [3.63, 3.8) is 0 Å². The molecule has 0 heterocycles. The Labute approximate surface area is 98.0 Å². The van der Waals surface area contributed by atoms with Gasteiger partial charge in [0.25, 0.3) is 0 Å². The van der Waals surface area contributed by atoms with E-state index in [1.54, 1.807) is 0 Å². The Kier molecular flexibility index (Phi) is 3.86. The lowest BCUT2D eigenvalue weighted by molar-refractivity contribution is -0.139. The van der Waals surface area contributed by atoms with Crippen molar-refractivity contribution in [3.05, 3.63) is 35.4 Å². The summed E-state index contributed by atoms with van der Waals surface area (Å²) in [5.41, 5.74) is 2.00. The lowest BCUT2D eigenvalue weighted by Crippen LogP contribution is -2.37. The van der Waals surface area contributed by atoms with E-state index in [-0.39, 0.29) is 5.75 Å². The number of aliphatic carboxylic acids is 1. The molecule has 1 unspecified atom stereocenters. The molecule has 1 N–H and O–H groups in total. The van der Waals surface area contributed by atoms with Crippen LogP contribution in [0.3, 0.4) is 0 Å². The van der Waals surface area contributed by atoms with Gasteiger partial charge in [-0.25, -0.2) is 0 Å². The first-order valence-corrected chi connectivity index (χ1v) is 6.33. The highest BCUT2D eigenvalue weighted by molar-refractivity contribution is 7.86. The molecule has 0 saturated heterocycles. The molecule has 1 aromatic carbocycles. The molecule has 0 saturated carbocycles. The summed E-state index contributed by atoms with van der Waals surface area (Å²) in [7, 11) is -1.42. The van der Waals surface area contributed by atoms with Gasteiger partial charge in [-0.15, -0.1) is 0 Å². The normalized spacial score (nSPS) is 13.4. The molecule has 3 nitrogen and oxygen atoms in total. The van der Waals surface area contributed by atoms with Crippen LogP contribution in [-0.2, 0) is 21.3 Å². The van der Waals surface area contributed by atoms with E-state index in [0.717, 1.165) is 11.1 Å². The van der Waals surface area contributed by atoms with E-state index in [9.17, 15) is 9.00 Å². The average molecular weight is 240 g/mol. The third-order valence-corrected chi connectivity index (χ3v) is 4.37. The predicted molar refractivity (Wildman–Crippen MR) is 64.7 cm³/mol. The Bertz CT molecular complexity index is 424. The summed E-state index contributed by atoms with van der Waals surface area (Å²) in [6, 6.07) is 7.63. The van der Waals surface area contributed by atoms with Crippen LogP contribution in [0.4, 0.5) is 0 Å². The molecule has 1 rings (SSSR count). The first kappa shape index (κ1) is 12.9. The minimum Gasteiger partial charge on any atom is -0.480 e. The molecule has 0 aliphatic rings. The molecule has 0 spiro atoms. The predicted octanol–water partition coefficient (Wildman–Crippen LogP) is 2.11. The second-order valence-corrected chi connectivity index (χ2v) is 6.29.